The van der Waals surface area contributed by atoms with E-state index in [4.69, 9.17) is 20.6 Å². The second-order valence-corrected chi connectivity index (χ2v) is 5.56. The van der Waals surface area contributed by atoms with Gasteiger partial charge in [-0.3, -0.25) is 0 Å². The molecule has 0 aromatic carbocycles. The maximum Gasteiger partial charge on any atom is 0.286 e. The molecule has 3 nitrogen and oxygen atoms in total. The summed E-state index contributed by atoms with van der Waals surface area (Å²) in [4.78, 5) is 0. The lowest BCUT2D eigenvalue weighted by Gasteiger charge is -2.38. The average molecular weight is 312 g/mol. The van der Waals surface area contributed by atoms with E-state index in [0.29, 0.717) is 26.2 Å². The van der Waals surface area contributed by atoms with Crippen molar-refractivity contribution in [2.24, 2.45) is 5.92 Å². The van der Waals surface area contributed by atoms with Crippen LogP contribution in [0.4, 0.5) is 0 Å². The van der Waals surface area contributed by atoms with Gasteiger partial charge in [-0.05, 0) is 27.2 Å². The zero-order valence-corrected chi connectivity index (χ0v) is 15.2. The third kappa shape index (κ3) is 8.17. The Hall–Kier alpha value is -0.560. The fraction of sp³-hybridized carbons (Fsp3) is 0.895. The van der Waals surface area contributed by atoms with Gasteiger partial charge in [-0.1, -0.05) is 45.4 Å². The topological polar surface area (TPSA) is 27.7 Å². The Morgan fingerprint density at radius 1 is 0.818 bits per heavy atom. The van der Waals surface area contributed by atoms with Crippen LogP contribution in [-0.2, 0) is 14.2 Å². The quantitative estimate of drug-likeness (QED) is 0.238. The highest BCUT2D eigenvalue weighted by molar-refractivity contribution is 4.90. The van der Waals surface area contributed by atoms with Gasteiger partial charge in [0.1, 0.15) is 0 Å². The van der Waals surface area contributed by atoms with Crippen LogP contribution in [0.5, 0.6) is 0 Å². The van der Waals surface area contributed by atoms with Gasteiger partial charge in [0.15, 0.2) is 0 Å². The Morgan fingerprint density at radius 2 is 1.32 bits per heavy atom. The van der Waals surface area contributed by atoms with Gasteiger partial charge in [0.25, 0.3) is 5.97 Å². The molecule has 0 aromatic rings. The Balaban J connectivity index is 4.63. The normalized spacial score (nSPS) is 13.0. The van der Waals surface area contributed by atoms with E-state index < -0.39 is 5.97 Å². The number of terminal acetylenes is 1. The van der Waals surface area contributed by atoms with Crippen molar-refractivity contribution in [3.63, 3.8) is 0 Å². The van der Waals surface area contributed by atoms with Crippen LogP contribution in [0.25, 0.3) is 0 Å². The predicted octanol–water partition coefficient (Wildman–Crippen LogP) is 5.14. The summed E-state index contributed by atoms with van der Waals surface area (Å²) < 4.78 is 17.6. The second-order valence-electron chi connectivity index (χ2n) is 5.56. The van der Waals surface area contributed by atoms with Gasteiger partial charge < -0.3 is 14.2 Å². The molecular formula is C19H36O3. The molecule has 3 heteroatoms. The Kier molecular flexibility index (Phi) is 13.7. The smallest absolute Gasteiger partial charge is 0.286 e. The summed E-state index contributed by atoms with van der Waals surface area (Å²) >= 11 is 0. The summed E-state index contributed by atoms with van der Waals surface area (Å²) in [6, 6.07) is 0. The fourth-order valence-corrected chi connectivity index (χ4v) is 2.80. The number of unbranched alkanes of at least 4 members (excludes halogenated alkanes) is 5. The van der Waals surface area contributed by atoms with Crippen molar-refractivity contribution >= 4 is 0 Å². The van der Waals surface area contributed by atoms with Crippen LogP contribution in [0.3, 0.4) is 0 Å². The largest absolute Gasteiger partial charge is 0.328 e. The first kappa shape index (κ1) is 21.4. The van der Waals surface area contributed by atoms with Gasteiger partial charge in [-0.25, -0.2) is 0 Å². The van der Waals surface area contributed by atoms with E-state index in [1.807, 2.05) is 20.8 Å². The minimum absolute atomic E-state index is 0.0866. The first-order valence-electron chi connectivity index (χ1n) is 9.05. The Morgan fingerprint density at radius 3 is 1.77 bits per heavy atom. The highest BCUT2D eigenvalue weighted by Gasteiger charge is 2.41. The first-order chi connectivity index (χ1) is 10.7. The number of hydrogen-bond donors (Lipinski definition) is 0. The summed E-state index contributed by atoms with van der Waals surface area (Å²) in [5.41, 5.74) is 0. The lowest BCUT2D eigenvalue weighted by atomic mass is 9.94. The lowest BCUT2D eigenvalue weighted by molar-refractivity contribution is -0.402. The molecule has 0 heterocycles. The minimum Gasteiger partial charge on any atom is -0.328 e. The molecular weight excluding hydrogens is 276 g/mol. The molecule has 0 N–H and O–H groups in total. The minimum atomic E-state index is -0.978. The molecule has 130 valence electrons. The summed E-state index contributed by atoms with van der Waals surface area (Å²) in [7, 11) is 0. The molecule has 0 saturated heterocycles. The first-order valence-corrected chi connectivity index (χ1v) is 9.05. The molecule has 22 heavy (non-hydrogen) atoms. The molecule has 0 aliphatic carbocycles. The molecule has 0 saturated carbocycles. The monoisotopic (exact) mass is 312 g/mol. The zero-order chi connectivity index (χ0) is 16.7. The van der Waals surface area contributed by atoms with Crippen molar-refractivity contribution in [1.82, 2.24) is 0 Å². The average Bonchev–Trinajstić information content (AvgIpc) is 2.50. The van der Waals surface area contributed by atoms with Gasteiger partial charge >= 0.3 is 0 Å². The standard InChI is InChI=1S/C19H36O3/c1-6-11-12-13-14-15-17-18(16-7-2)19(20-8-3,21-9-4)22-10-5/h2,18H,6,8-17H2,1,3-5H3. The van der Waals surface area contributed by atoms with Gasteiger partial charge in [-0.2, -0.15) is 0 Å². The molecule has 1 unspecified atom stereocenters. The van der Waals surface area contributed by atoms with E-state index >= 15 is 0 Å². The molecule has 0 aliphatic rings. The van der Waals surface area contributed by atoms with Gasteiger partial charge in [-0.15, -0.1) is 12.3 Å². The van der Waals surface area contributed by atoms with Gasteiger partial charge in [0.05, 0.1) is 5.92 Å². The van der Waals surface area contributed by atoms with E-state index in [0.717, 1.165) is 12.8 Å². The van der Waals surface area contributed by atoms with Gasteiger partial charge in [0.2, 0.25) is 0 Å². The van der Waals surface area contributed by atoms with Crippen LogP contribution >= 0.6 is 0 Å². The Labute approximate surface area is 138 Å². The van der Waals surface area contributed by atoms with E-state index in [1.54, 1.807) is 0 Å². The number of hydrogen-bond acceptors (Lipinski definition) is 3. The molecule has 0 amide bonds. The maximum atomic E-state index is 5.88. The summed E-state index contributed by atoms with van der Waals surface area (Å²) in [6.07, 6.45) is 14.8. The highest BCUT2D eigenvalue weighted by Crippen LogP contribution is 2.32. The molecule has 1 atom stereocenters. The summed E-state index contributed by atoms with van der Waals surface area (Å²) in [6.45, 7) is 9.79. The summed E-state index contributed by atoms with van der Waals surface area (Å²) in [5.74, 6) is 1.88. The molecule has 0 rings (SSSR count). The van der Waals surface area contributed by atoms with E-state index in [-0.39, 0.29) is 5.92 Å². The van der Waals surface area contributed by atoms with Crippen molar-refractivity contribution in [2.45, 2.75) is 85.0 Å². The number of rotatable bonds is 15. The lowest BCUT2D eigenvalue weighted by Crippen LogP contribution is -2.46. The fourth-order valence-electron chi connectivity index (χ4n) is 2.80. The van der Waals surface area contributed by atoms with Crippen LogP contribution in [0.15, 0.2) is 0 Å². The molecule has 0 bridgehead atoms. The van der Waals surface area contributed by atoms with Crippen molar-refractivity contribution in [2.75, 3.05) is 19.8 Å². The van der Waals surface area contributed by atoms with E-state index in [9.17, 15) is 0 Å². The maximum absolute atomic E-state index is 5.88. The number of ether oxygens (including phenoxy) is 3. The van der Waals surface area contributed by atoms with Crippen LogP contribution < -0.4 is 0 Å². The van der Waals surface area contributed by atoms with E-state index in [1.165, 1.54) is 32.1 Å². The third-order valence-electron chi connectivity index (χ3n) is 3.81. The van der Waals surface area contributed by atoms with Crippen LogP contribution in [0.2, 0.25) is 0 Å². The molecule has 0 aromatic heterocycles. The SMILES string of the molecule is C#CCC(CCCCCCCC)C(OCC)(OCC)OCC. The predicted molar refractivity (Wildman–Crippen MR) is 92.5 cm³/mol. The molecule has 0 radical (unpaired) electrons. The van der Waals surface area contributed by atoms with Gasteiger partial charge in [0, 0.05) is 26.2 Å². The van der Waals surface area contributed by atoms with Crippen molar-refractivity contribution in [3.05, 3.63) is 0 Å². The second kappa shape index (κ2) is 14.1. The van der Waals surface area contributed by atoms with E-state index in [2.05, 4.69) is 12.8 Å². The van der Waals surface area contributed by atoms with Crippen molar-refractivity contribution < 1.29 is 14.2 Å². The molecule has 0 spiro atoms. The van der Waals surface area contributed by atoms with Crippen LogP contribution in [-0.4, -0.2) is 25.8 Å². The Bertz CT molecular complexity index is 266. The zero-order valence-electron chi connectivity index (χ0n) is 15.2. The molecule has 0 fully saturated rings. The molecule has 0 aliphatic heterocycles. The third-order valence-corrected chi connectivity index (χ3v) is 3.81. The highest BCUT2D eigenvalue weighted by atomic mass is 16.9. The van der Waals surface area contributed by atoms with Crippen LogP contribution in [0, 0.1) is 18.3 Å². The van der Waals surface area contributed by atoms with Crippen molar-refractivity contribution in [3.8, 4) is 12.3 Å². The summed E-state index contributed by atoms with van der Waals surface area (Å²) in [5, 5.41) is 0. The van der Waals surface area contributed by atoms with Crippen molar-refractivity contribution in [1.29, 1.82) is 0 Å². The van der Waals surface area contributed by atoms with Crippen LogP contribution in [0.1, 0.15) is 79.1 Å².